The molecule has 3 aromatic rings. The number of benzene rings is 2. The summed E-state index contributed by atoms with van der Waals surface area (Å²) < 4.78 is 5.74. The van der Waals surface area contributed by atoms with Crippen molar-refractivity contribution < 1.29 is 14.6 Å². The van der Waals surface area contributed by atoms with Gasteiger partial charge in [0.25, 0.3) is 11.5 Å². The molecule has 1 amide bonds. The van der Waals surface area contributed by atoms with Gasteiger partial charge in [0.2, 0.25) is 5.75 Å². The van der Waals surface area contributed by atoms with Gasteiger partial charge in [0.1, 0.15) is 12.4 Å². The molecule has 3 rings (SSSR count). The van der Waals surface area contributed by atoms with Crippen LogP contribution in [0.15, 0.2) is 83.7 Å². The van der Waals surface area contributed by atoms with Gasteiger partial charge in [-0.3, -0.25) is 9.59 Å². The Labute approximate surface area is 211 Å². The Morgan fingerprint density at radius 2 is 1.86 bits per heavy atom. The SMILES string of the molecule is C=C(C=CC)COc1c(C(=O)N(CCO)C(C)C)nc(Cc2ccccc2-c2ccccc2)[nH]c1=O. The van der Waals surface area contributed by atoms with E-state index in [2.05, 4.69) is 16.5 Å². The van der Waals surface area contributed by atoms with Crippen LogP contribution in [0.3, 0.4) is 0 Å². The van der Waals surface area contributed by atoms with Crippen molar-refractivity contribution >= 4 is 5.91 Å². The molecule has 0 aliphatic heterocycles. The number of carbonyl (C=O) groups excluding carboxylic acids is 1. The molecule has 0 fully saturated rings. The fourth-order valence-corrected chi connectivity index (χ4v) is 3.91. The lowest BCUT2D eigenvalue weighted by Gasteiger charge is -2.26. The summed E-state index contributed by atoms with van der Waals surface area (Å²) in [4.78, 5) is 35.5. The Morgan fingerprint density at radius 1 is 1.17 bits per heavy atom. The second kappa shape index (κ2) is 12.7. The molecule has 2 aromatic carbocycles. The zero-order chi connectivity index (χ0) is 26.1. The third kappa shape index (κ3) is 6.58. The maximum atomic E-state index is 13.5. The minimum atomic E-state index is -0.540. The molecule has 0 aliphatic rings. The lowest BCUT2D eigenvalue weighted by Crippen LogP contribution is -2.40. The molecule has 0 radical (unpaired) electrons. The van der Waals surface area contributed by atoms with E-state index >= 15 is 0 Å². The number of nitrogens with zero attached hydrogens (tertiary/aromatic N) is 2. The fourth-order valence-electron chi connectivity index (χ4n) is 3.91. The van der Waals surface area contributed by atoms with Gasteiger partial charge in [0.15, 0.2) is 5.69 Å². The fraction of sp³-hybridized carbons (Fsp3) is 0.276. The first-order valence-electron chi connectivity index (χ1n) is 12.0. The number of aromatic nitrogens is 2. The standard InChI is InChI=1S/C29H33N3O4/c1-5-11-21(4)19-36-27-26(29(35)32(16-17-33)20(2)3)30-25(31-28(27)34)18-23-14-9-10-15-24(23)22-12-7-6-8-13-22/h5-15,20,33H,4,16-19H2,1-3H3,(H,30,31,34). The summed E-state index contributed by atoms with van der Waals surface area (Å²) in [7, 11) is 0. The van der Waals surface area contributed by atoms with Crippen LogP contribution in [0.4, 0.5) is 0 Å². The second-order valence-corrected chi connectivity index (χ2v) is 8.65. The van der Waals surface area contributed by atoms with Crippen LogP contribution in [-0.2, 0) is 6.42 Å². The van der Waals surface area contributed by atoms with Gasteiger partial charge in [-0.05, 0) is 43.0 Å². The van der Waals surface area contributed by atoms with E-state index in [0.29, 0.717) is 17.8 Å². The molecule has 1 heterocycles. The highest BCUT2D eigenvalue weighted by Gasteiger charge is 2.26. The summed E-state index contributed by atoms with van der Waals surface area (Å²) in [6, 6.07) is 17.6. The number of allylic oxidation sites excluding steroid dienone is 1. The number of ether oxygens (including phenoxy) is 1. The molecule has 7 nitrogen and oxygen atoms in total. The van der Waals surface area contributed by atoms with Gasteiger partial charge in [-0.15, -0.1) is 0 Å². The molecule has 0 bridgehead atoms. The number of amides is 1. The van der Waals surface area contributed by atoms with Crippen LogP contribution in [0.2, 0.25) is 0 Å². The number of carbonyl (C=O) groups is 1. The van der Waals surface area contributed by atoms with Crippen LogP contribution in [0.25, 0.3) is 11.1 Å². The van der Waals surface area contributed by atoms with Crippen molar-refractivity contribution in [2.75, 3.05) is 19.8 Å². The topological polar surface area (TPSA) is 95.5 Å². The molecular formula is C29H33N3O4. The molecule has 0 saturated carbocycles. The van der Waals surface area contributed by atoms with Gasteiger partial charge in [-0.1, -0.05) is 73.3 Å². The molecule has 1 aromatic heterocycles. The predicted octanol–water partition coefficient (Wildman–Crippen LogP) is 4.38. The van der Waals surface area contributed by atoms with Gasteiger partial charge in [-0.25, -0.2) is 4.98 Å². The van der Waals surface area contributed by atoms with E-state index in [1.807, 2.05) is 81.4 Å². The minimum Gasteiger partial charge on any atom is -0.481 e. The summed E-state index contributed by atoms with van der Waals surface area (Å²) in [5.41, 5.74) is 3.04. The normalized spacial score (nSPS) is 11.1. The van der Waals surface area contributed by atoms with Crippen LogP contribution in [0, 0.1) is 0 Å². The van der Waals surface area contributed by atoms with Crippen molar-refractivity contribution in [1.82, 2.24) is 14.9 Å². The molecule has 0 aliphatic carbocycles. The van der Waals surface area contributed by atoms with E-state index in [9.17, 15) is 14.7 Å². The van der Waals surface area contributed by atoms with Crippen LogP contribution < -0.4 is 10.3 Å². The summed E-state index contributed by atoms with van der Waals surface area (Å²) >= 11 is 0. The summed E-state index contributed by atoms with van der Waals surface area (Å²) in [5.74, 6) is -0.289. The van der Waals surface area contributed by atoms with Crippen molar-refractivity contribution in [3.8, 4) is 16.9 Å². The third-order valence-corrected chi connectivity index (χ3v) is 5.62. The lowest BCUT2D eigenvalue weighted by molar-refractivity contribution is 0.0654. The molecular weight excluding hydrogens is 454 g/mol. The predicted molar refractivity (Wildman–Crippen MR) is 142 cm³/mol. The maximum absolute atomic E-state index is 13.5. The number of rotatable bonds is 11. The van der Waals surface area contributed by atoms with E-state index in [-0.39, 0.29) is 37.2 Å². The third-order valence-electron chi connectivity index (χ3n) is 5.62. The largest absolute Gasteiger partial charge is 0.481 e. The quantitative estimate of drug-likeness (QED) is 0.391. The van der Waals surface area contributed by atoms with Crippen molar-refractivity contribution in [2.45, 2.75) is 33.2 Å². The molecule has 0 atom stereocenters. The number of aromatic amines is 1. The molecule has 36 heavy (non-hydrogen) atoms. The number of H-pyrrole nitrogens is 1. The lowest BCUT2D eigenvalue weighted by atomic mass is 9.97. The Morgan fingerprint density at radius 3 is 2.53 bits per heavy atom. The number of aliphatic hydroxyl groups excluding tert-OH is 1. The zero-order valence-corrected chi connectivity index (χ0v) is 21.0. The summed E-state index contributed by atoms with van der Waals surface area (Å²) in [6.07, 6.45) is 3.90. The Kier molecular flexibility index (Phi) is 9.36. The van der Waals surface area contributed by atoms with Crippen LogP contribution in [-0.4, -0.2) is 51.7 Å². The summed E-state index contributed by atoms with van der Waals surface area (Å²) in [6.45, 7) is 9.37. The molecule has 188 valence electrons. The molecule has 0 saturated heterocycles. The van der Waals surface area contributed by atoms with E-state index in [0.717, 1.165) is 16.7 Å². The highest BCUT2D eigenvalue weighted by Crippen LogP contribution is 2.25. The Hall–Kier alpha value is -3.97. The highest BCUT2D eigenvalue weighted by atomic mass is 16.5. The average Bonchev–Trinajstić information content (AvgIpc) is 2.87. The first kappa shape index (κ1) is 26.6. The number of hydrogen-bond acceptors (Lipinski definition) is 5. The second-order valence-electron chi connectivity index (χ2n) is 8.65. The molecule has 2 N–H and O–H groups in total. The first-order chi connectivity index (χ1) is 17.3. The Bertz CT molecular complexity index is 1280. The van der Waals surface area contributed by atoms with Gasteiger partial charge in [0, 0.05) is 19.0 Å². The molecule has 0 unspecified atom stereocenters. The van der Waals surface area contributed by atoms with Crippen LogP contribution in [0.5, 0.6) is 5.75 Å². The van der Waals surface area contributed by atoms with E-state index in [1.165, 1.54) is 4.90 Å². The molecule has 7 heteroatoms. The van der Waals surface area contributed by atoms with E-state index < -0.39 is 11.5 Å². The van der Waals surface area contributed by atoms with E-state index in [4.69, 9.17) is 4.74 Å². The highest BCUT2D eigenvalue weighted by molar-refractivity contribution is 5.95. The number of hydrogen-bond donors (Lipinski definition) is 2. The van der Waals surface area contributed by atoms with Crippen LogP contribution >= 0.6 is 0 Å². The van der Waals surface area contributed by atoms with Crippen molar-refractivity contribution in [1.29, 1.82) is 0 Å². The van der Waals surface area contributed by atoms with Crippen LogP contribution in [0.1, 0.15) is 42.6 Å². The van der Waals surface area contributed by atoms with Crippen molar-refractivity contribution in [3.63, 3.8) is 0 Å². The molecule has 0 spiro atoms. The number of aliphatic hydroxyl groups is 1. The monoisotopic (exact) mass is 487 g/mol. The Balaban J connectivity index is 2.05. The zero-order valence-electron chi connectivity index (χ0n) is 21.0. The maximum Gasteiger partial charge on any atom is 0.294 e. The van der Waals surface area contributed by atoms with Crippen molar-refractivity contribution in [2.24, 2.45) is 0 Å². The summed E-state index contributed by atoms with van der Waals surface area (Å²) in [5, 5.41) is 9.50. The average molecular weight is 488 g/mol. The smallest absolute Gasteiger partial charge is 0.294 e. The van der Waals surface area contributed by atoms with Gasteiger partial charge < -0.3 is 19.7 Å². The number of nitrogens with one attached hydrogen (secondary N) is 1. The first-order valence-corrected chi connectivity index (χ1v) is 12.0. The van der Waals surface area contributed by atoms with Gasteiger partial charge >= 0.3 is 0 Å². The van der Waals surface area contributed by atoms with Gasteiger partial charge in [0.05, 0.1) is 6.61 Å². The van der Waals surface area contributed by atoms with Gasteiger partial charge in [-0.2, -0.15) is 0 Å². The van der Waals surface area contributed by atoms with Crippen molar-refractivity contribution in [3.05, 3.63) is 106 Å². The minimum absolute atomic E-state index is 0.0350. The van der Waals surface area contributed by atoms with E-state index in [1.54, 1.807) is 6.08 Å².